The number of aryl methyl sites for hydroxylation is 2. The molecule has 0 bridgehead atoms. The number of nitrogens with one attached hydrogen (secondary N) is 1. The van der Waals surface area contributed by atoms with E-state index in [1.165, 1.54) is 62.5 Å². The molecular weight excluding hydrogens is 356 g/mol. The summed E-state index contributed by atoms with van der Waals surface area (Å²) in [5, 5.41) is 12.0. The molecule has 0 unspecified atom stereocenters. The van der Waals surface area contributed by atoms with Crippen LogP contribution in [-0.2, 0) is 17.6 Å². The largest absolute Gasteiger partial charge is 0.325 e. The van der Waals surface area contributed by atoms with Gasteiger partial charge in [0.1, 0.15) is 5.41 Å². The van der Waals surface area contributed by atoms with Gasteiger partial charge < -0.3 is 5.32 Å². The van der Waals surface area contributed by atoms with E-state index < -0.39 is 5.41 Å². The lowest BCUT2D eigenvalue weighted by Crippen LogP contribution is -2.22. The summed E-state index contributed by atoms with van der Waals surface area (Å²) in [6.07, 6.45) is 12.8. The van der Waals surface area contributed by atoms with Gasteiger partial charge in [-0.3, -0.25) is 4.79 Å². The van der Waals surface area contributed by atoms with Gasteiger partial charge in [0.2, 0.25) is 5.91 Å². The topological polar surface area (TPSA) is 52.9 Å². The van der Waals surface area contributed by atoms with Gasteiger partial charge in [0.25, 0.3) is 0 Å². The molecule has 1 aliphatic carbocycles. The fourth-order valence-electron chi connectivity index (χ4n) is 3.71. The lowest BCUT2D eigenvalue weighted by atomic mass is 10.0. The molecule has 1 amide bonds. The van der Waals surface area contributed by atoms with E-state index in [1.54, 1.807) is 0 Å². The highest BCUT2D eigenvalue weighted by Gasteiger charge is 2.50. The van der Waals surface area contributed by atoms with E-state index in [0.29, 0.717) is 12.8 Å². The molecule has 0 atom stereocenters. The first-order chi connectivity index (χ1) is 14.2. The SMILES string of the molecule is N#CC1(C(=O)Nc2ccc(CCCCCCCCCc3ccccc3)cc2)CC1. The number of amides is 1. The number of hydrogen-bond donors (Lipinski definition) is 1. The van der Waals surface area contributed by atoms with E-state index in [1.807, 2.05) is 12.1 Å². The highest BCUT2D eigenvalue weighted by molar-refractivity contribution is 5.99. The summed E-state index contributed by atoms with van der Waals surface area (Å²) < 4.78 is 0. The Labute approximate surface area is 175 Å². The minimum atomic E-state index is -0.764. The molecule has 0 aliphatic heterocycles. The second-order valence-corrected chi connectivity index (χ2v) is 8.31. The van der Waals surface area contributed by atoms with Crippen molar-refractivity contribution >= 4 is 11.6 Å². The number of anilines is 1. The lowest BCUT2D eigenvalue weighted by Gasteiger charge is -2.09. The van der Waals surface area contributed by atoms with E-state index in [2.05, 4.69) is 53.9 Å². The highest BCUT2D eigenvalue weighted by Crippen LogP contribution is 2.45. The maximum Gasteiger partial charge on any atom is 0.244 e. The van der Waals surface area contributed by atoms with Crippen molar-refractivity contribution in [2.75, 3.05) is 5.32 Å². The maximum absolute atomic E-state index is 12.1. The predicted molar refractivity (Wildman–Crippen MR) is 119 cm³/mol. The zero-order chi connectivity index (χ0) is 20.4. The predicted octanol–water partition coefficient (Wildman–Crippen LogP) is 6.44. The van der Waals surface area contributed by atoms with Gasteiger partial charge in [0.05, 0.1) is 6.07 Å². The molecule has 152 valence electrons. The van der Waals surface area contributed by atoms with Crippen LogP contribution in [0.3, 0.4) is 0 Å². The van der Waals surface area contributed by atoms with Crippen molar-refractivity contribution < 1.29 is 4.79 Å². The fourth-order valence-corrected chi connectivity index (χ4v) is 3.71. The quantitative estimate of drug-likeness (QED) is 0.425. The van der Waals surface area contributed by atoms with Gasteiger partial charge >= 0.3 is 0 Å². The molecule has 0 aromatic heterocycles. The smallest absolute Gasteiger partial charge is 0.244 e. The number of rotatable bonds is 12. The lowest BCUT2D eigenvalue weighted by molar-refractivity contribution is -0.119. The molecule has 0 spiro atoms. The van der Waals surface area contributed by atoms with Crippen LogP contribution in [-0.4, -0.2) is 5.91 Å². The van der Waals surface area contributed by atoms with Crippen LogP contribution in [0.5, 0.6) is 0 Å². The van der Waals surface area contributed by atoms with Gasteiger partial charge in [0, 0.05) is 5.69 Å². The van der Waals surface area contributed by atoms with Gasteiger partial charge in [-0.1, -0.05) is 74.6 Å². The second-order valence-electron chi connectivity index (χ2n) is 8.31. The third kappa shape index (κ3) is 6.75. The summed E-state index contributed by atoms with van der Waals surface area (Å²) in [6.45, 7) is 0. The minimum absolute atomic E-state index is 0.156. The molecule has 0 heterocycles. The Morgan fingerprint density at radius 2 is 1.31 bits per heavy atom. The Morgan fingerprint density at radius 1 is 0.793 bits per heavy atom. The van der Waals surface area contributed by atoms with E-state index in [0.717, 1.165) is 12.1 Å². The zero-order valence-electron chi connectivity index (χ0n) is 17.3. The molecule has 1 saturated carbocycles. The number of nitriles is 1. The van der Waals surface area contributed by atoms with E-state index in [9.17, 15) is 4.79 Å². The molecule has 2 aromatic carbocycles. The number of carbonyl (C=O) groups is 1. The monoisotopic (exact) mass is 388 g/mol. The van der Waals surface area contributed by atoms with Crippen LogP contribution in [0.15, 0.2) is 54.6 Å². The summed E-state index contributed by atoms with van der Waals surface area (Å²) in [6, 6.07) is 21.0. The van der Waals surface area contributed by atoms with Crippen molar-refractivity contribution in [3.8, 4) is 6.07 Å². The Hall–Kier alpha value is -2.60. The summed E-state index contributed by atoms with van der Waals surface area (Å²) in [7, 11) is 0. The third-order valence-corrected chi connectivity index (χ3v) is 5.88. The Balaban J connectivity index is 1.22. The number of carbonyl (C=O) groups excluding carboxylic acids is 1. The third-order valence-electron chi connectivity index (χ3n) is 5.88. The molecular formula is C26H32N2O. The van der Waals surface area contributed by atoms with Gasteiger partial charge in [-0.15, -0.1) is 0 Å². The summed E-state index contributed by atoms with van der Waals surface area (Å²) in [5.41, 5.74) is 2.79. The molecule has 2 aromatic rings. The van der Waals surface area contributed by atoms with Gasteiger partial charge in [0.15, 0.2) is 0 Å². The van der Waals surface area contributed by atoms with Crippen LogP contribution in [0.1, 0.15) is 68.9 Å². The van der Waals surface area contributed by atoms with Crippen molar-refractivity contribution in [3.05, 3.63) is 65.7 Å². The Morgan fingerprint density at radius 3 is 1.83 bits per heavy atom. The fraction of sp³-hybridized carbons (Fsp3) is 0.462. The first-order valence-corrected chi connectivity index (χ1v) is 11.1. The summed E-state index contributed by atoms with van der Waals surface area (Å²) >= 11 is 0. The molecule has 1 N–H and O–H groups in total. The highest BCUT2D eigenvalue weighted by atomic mass is 16.2. The molecule has 1 fully saturated rings. The second kappa shape index (κ2) is 10.8. The zero-order valence-corrected chi connectivity index (χ0v) is 17.3. The number of hydrogen-bond acceptors (Lipinski definition) is 2. The molecule has 0 saturated heterocycles. The van der Waals surface area contributed by atoms with Crippen LogP contribution in [0.4, 0.5) is 5.69 Å². The molecule has 0 radical (unpaired) electrons. The summed E-state index contributed by atoms with van der Waals surface area (Å²) in [4.78, 5) is 12.1. The molecule has 29 heavy (non-hydrogen) atoms. The molecule has 3 nitrogen and oxygen atoms in total. The average molecular weight is 389 g/mol. The van der Waals surface area contributed by atoms with Crippen LogP contribution in [0.25, 0.3) is 0 Å². The van der Waals surface area contributed by atoms with Crippen LogP contribution >= 0.6 is 0 Å². The van der Waals surface area contributed by atoms with Crippen molar-refractivity contribution in [2.45, 2.75) is 70.6 Å². The number of benzene rings is 2. The first kappa shape index (κ1) is 21.1. The average Bonchev–Trinajstić information content (AvgIpc) is 3.56. The summed E-state index contributed by atoms with van der Waals surface area (Å²) in [5.74, 6) is -0.156. The van der Waals surface area contributed by atoms with Crippen molar-refractivity contribution in [2.24, 2.45) is 5.41 Å². The maximum atomic E-state index is 12.1. The van der Waals surface area contributed by atoms with Crippen LogP contribution in [0.2, 0.25) is 0 Å². The Bertz CT molecular complexity index is 801. The first-order valence-electron chi connectivity index (χ1n) is 11.1. The molecule has 1 aliphatic rings. The van der Waals surface area contributed by atoms with E-state index >= 15 is 0 Å². The van der Waals surface area contributed by atoms with E-state index in [4.69, 9.17) is 5.26 Å². The standard InChI is InChI=1S/C26H32N2O/c27-21-26(19-20-26)25(29)28-24-17-15-23(16-18-24)14-8-5-3-1-2-4-7-11-22-12-9-6-10-13-22/h6,9-10,12-13,15-18H,1-5,7-8,11,14,19-20H2,(H,28,29). The van der Waals surface area contributed by atoms with Gasteiger partial charge in [-0.2, -0.15) is 5.26 Å². The number of nitrogens with zero attached hydrogens (tertiary/aromatic N) is 1. The normalized spacial score (nSPS) is 14.2. The van der Waals surface area contributed by atoms with Gasteiger partial charge in [-0.05, 0) is 61.8 Å². The Kier molecular flexibility index (Phi) is 7.87. The molecule has 3 heteroatoms. The minimum Gasteiger partial charge on any atom is -0.325 e. The van der Waals surface area contributed by atoms with Crippen molar-refractivity contribution in [1.82, 2.24) is 0 Å². The van der Waals surface area contributed by atoms with Crippen LogP contribution in [0, 0.1) is 16.7 Å². The van der Waals surface area contributed by atoms with Crippen molar-refractivity contribution in [3.63, 3.8) is 0 Å². The number of unbranched alkanes of at least 4 members (excludes halogenated alkanes) is 6. The van der Waals surface area contributed by atoms with E-state index in [-0.39, 0.29) is 5.91 Å². The van der Waals surface area contributed by atoms with Crippen LogP contribution < -0.4 is 5.32 Å². The van der Waals surface area contributed by atoms with Gasteiger partial charge in [-0.25, -0.2) is 0 Å². The van der Waals surface area contributed by atoms with Crippen molar-refractivity contribution in [1.29, 1.82) is 5.26 Å². The molecule has 3 rings (SSSR count).